The van der Waals surface area contributed by atoms with Crippen LogP contribution in [0, 0.1) is 5.82 Å². The molecule has 2 aliphatic rings. The Labute approximate surface area is 236 Å². The lowest BCUT2D eigenvalue weighted by molar-refractivity contribution is 0.146. The minimum absolute atomic E-state index is 0.154. The number of piperidine rings is 2. The van der Waals surface area contributed by atoms with E-state index in [2.05, 4.69) is 36.4 Å². The van der Waals surface area contributed by atoms with Crippen LogP contribution in [0.2, 0.25) is 0 Å². The van der Waals surface area contributed by atoms with E-state index < -0.39 is 17.8 Å². The Hall–Kier alpha value is -3.67. The number of likely N-dealkylation sites (tertiary alicyclic amines) is 1. The first-order chi connectivity index (χ1) is 19.8. The van der Waals surface area contributed by atoms with Gasteiger partial charge in [0.15, 0.2) is 11.5 Å². The summed E-state index contributed by atoms with van der Waals surface area (Å²) in [5.41, 5.74) is 1.52. The number of fused-ring (bicyclic) bond motifs is 1. The smallest absolute Gasteiger partial charge is 0.327 e. The molecule has 12 heteroatoms. The van der Waals surface area contributed by atoms with Crippen molar-refractivity contribution in [3.05, 3.63) is 58.4 Å². The first-order valence-corrected chi connectivity index (χ1v) is 14.4. The van der Waals surface area contributed by atoms with Crippen molar-refractivity contribution in [2.75, 3.05) is 31.6 Å². The molecule has 6 rings (SSSR count). The second-order valence-electron chi connectivity index (χ2n) is 11.1. The van der Waals surface area contributed by atoms with Gasteiger partial charge < -0.3 is 14.4 Å². The molecule has 2 aliphatic heterocycles. The summed E-state index contributed by atoms with van der Waals surface area (Å²) in [6.07, 6.45) is 5.61. The van der Waals surface area contributed by atoms with E-state index in [1.54, 1.807) is 4.57 Å². The Balaban J connectivity index is 1.30. The van der Waals surface area contributed by atoms with Crippen molar-refractivity contribution in [1.82, 2.24) is 34.0 Å². The number of alkyl halides is 2. The minimum atomic E-state index is -2.89. The van der Waals surface area contributed by atoms with E-state index in [4.69, 9.17) is 4.98 Å². The van der Waals surface area contributed by atoms with E-state index in [9.17, 15) is 18.0 Å². The van der Waals surface area contributed by atoms with Crippen LogP contribution in [-0.4, -0.2) is 66.7 Å². The number of aryl methyl sites for hydroxylation is 1. The standard InChI is InChI=1S/C29H35F3N8O/c1-3-40-24-26(36-29(40)41)33-17-34-28(24)38-12-9-18(10-13-38)27-35-23(19-7-8-22(30)21(14-19)25(31)32)16-39(27)15-20-6-4-5-11-37(20)2/h7-8,14,16-18,20,25H,3-6,9-13,15H2,1-2H3,(H,33,34,36,41)/t20-/m1/s1. The number of H-pyrrole nitrogens is 1. The zero-order valence-corrected chi connectivity index (χ0v) is 23.4. The summed E-state index contributed by atoms with van der Waals surface area (Å²) in [5, 5.41) is 0. The van der Waals surface area contributed by atoms with E-state index in [1.165, 1.54) is 31.3 Å². The maximum atomic E-state index is 14.0. The van der Waals surface area contributed by atoms with Crippen LogP contribution < -0.4 is 10.6 Å². The van der Waals surface area contributed by atoms with E-state index in [1.807, 2.05) is 13.1 Å². The normalized spacial score (nSPS) is 19.1. The molecule has 0 amide bonds. The van der Waals surface area contributed by atoms with Gasteiger partial charge in [-0.1, -0.05) is 6.42 Å². The fraction of sp³-hybridized carbons (Fsp3) is 0.517. The molecule has 41 heavy (non-hydrogen) atoms. The number of halogens is 3. The summed E-state index contributed by atoms with van der Waals surface area (Å²) in [6, 6.07) is 4.21. The van der Waals surface area contributed by atoms with Gasteiger partial charge in [0.05, 0.1) is 11.3 Å². The monoisotopic (exact) mass is 568 g/mol. The maximum absolute atomic E-state index is 14.0. The Bertz CT molecular complexity index is 1590. The van der Waals surface area contributed by atoms with Gasteiger partial charge >= 0.3 is 5.69 Å². The summed E-state index contributed by atoms with van der Waals surface area (Å²) in [6.45, 7) is 5.69. The third-order valence-corrected chi connectivity index (χ3v) is 8.68. The molecular weight excluding hydrogens is 533 g/mol. The fourth-order valence-electron chi connectivity index (χ4n) is 6.38. The number of imidazole rings is 2. The summed E-state index contributed by atoms with van der Waals surface area (Å²) >= 11 is 0. The number of likely N-dealkylation sites (N-methyl/N-ethyl adjacent to an activating group) is 1. The van der Waals surface area contributed by atoms with Gasteiger partial charge in [-0.15, -0.1) is 0 Å². The van der Waals surface area contributed by atoms with Crippen molar-refractivity contribution in [3.8, 4) is 11.3 Å². The molecular formula is C29H35F3N8O. The summed E-state index contributed by atoms with van der Waals surface area (Å²) in [7, 11) is 2.15. The number of aromatic amines is 1. The van der Waals surface area contributed by atoms with Crippen LogP contribution in [0.4, 0.5) is 19.0 Å². The van der Waals surface area contributed by atoms with Crippen molar-refractivity contribution in [2.45, 2.75) is 70.5 Å². The SMILES string of the molecule is CCn1c(=O)[nH]c2ncnc(N3CCC(c4nc(-c5ccc(F)c(C(F)F)c5)cn4C[C@H]4CCCCN4C)CC3)c21. The predicted molar refractivity (Wildman–Crippen MR) is 151 cm³/mol. The predicted octanol–water partition coefficient (Wildman–Crippen LogP) is 4.95. The molecule has 0 unspecified atom stereocenters. The number of aromatic nitrogens is 6. The van der Waals surface area contributed by atoms with Gasteiger partial charge in [0.25, 0.3) is 6.43 Å². The molecule has 4 aromatic rings. The zero-order chi connectivity index (χ0) is 28.7. The lowest BCUT2D eigenvalue weighted by Gasteiger charge is -2.35. The molecule has 1 atom stereocenters. The topological polar surface area (TPSA) is 87.9 Å². The average Bonchev–Trinajstić information content (AvgIpc) is 3.54. The van der Waals surface area contributed by atoms with Gasteiger partial charge in [0.2, 0.25) is 0 Å². The van der Waals surface area contributed by atoms with Crippen LogP contribution in [-0.2, 0) is 13.1 Å². The molecule has 2 fully saturated rings. The fourth-order valence-corrected chi connectivity index (χ4v) is 6.38. The summed E-state index contributed by atoms with van der Waals surface area (Å²) < 4.78 is 44.8. The van der Waals surface area contributed by atoms with Crippen LogP contribution in [0.5, 0.6) is 0 Å². The molecule has 218 valence electrons. The molecule has 1 N–H and O–H groups in total. The third-order valence-electron chi connectivity index (χ3n) is 8.68. The third kappa shape index (κ3) is 5.25. The molecule has 0 saturated carbocycles. The molecule has 2 saturated heterocycles. The largest absolute Gasteiger partial charge is 0.355 e. The lowest BCUT2D eigenvalue weighted by atomic mass is 9.95. The highest BCUT2D eigenvalue weighted by molar-refractivity contribution is 5.83. The second kappa shape index (κ2) is 11.3. The average molecular weight is 569 g/mol. The Morgan fingerprint density at radius 1 is 1.10 bits per heavy atom. The van der Waals surface area contributed by atoms with Crippen molar-refractivity contribution >= 4 is 17.0 Å². The molecule has 9 nitrogen and oxygen atoms in total. The van der Waals surface area contributed by atoms with Crippen molar-refractivity contribution in [3.63, 3.8) is 0 Å². The second-order valence-corrected chi connectivity index (χ2v) is 11.1. The highest BCUT2D eigenvalue weighted by Gasteiger charge is 2.29. The van der Waals surface area contributed by atoms with E-state index in [0.717, 1.165) is 63.2 Å². The molecule has 1 aromatic carbocycles. The van der Waals surface area contributed by atoms with Crippen molar-refractivity contribution in [2.24, 2.45) is 0 Å². The van der Waals surface area contributed by atoms with E-state index >= 15 is 0 Å². The van der Waals surface area contributed by atoms with Gasteiger partial charge in [-0.2, -0.15) is 0 Å². The number of rotatable bonds is 7. The van der Waals surface area contributed by atoms with Crippen LogP contribution in [0.15, 0.2) is 35.5 Å². The van der Waals surface area contributed by atoms with Crippen LogP contribution in [0.3, 0.4) is 0 Å². The van der Waals surface area contributed by atoms with Gasteiger partial charge in [0, 0.05) is 49.9 Å². The first kappa shape index (κ1) is 27.5. The highest BCUT2D eigenvalue weighted by Crippen LogP contribution is 2.35. The summed E-state index contributed by atoms with van der Waals surface area (Å²) in [5.74, 6) is 0.920. The number of hydrogen-bond donors (Lipinski definition) is 1. The van der Waals surface area contributed by atoms with E-state index in [-0.39, 0.29) is 11.6 Å². The van der Waals surface area contributed by atoms with Crippen LogP contribution in [0.25, 0.3) is 22.4 Å². The van der Waals surface area contributed by atoms with Crippen LogP contribution in [0.1, 0.15) is 62.8 Å². The zero-order valence-electron chi connectivity index (χ0n) is 23.4. The van der Waals surface area contributed by atoms with Crippen LogP contribution >= 0.6 is 0 Å². The first-order valence-electron chi connectivity index (χ1n) is 14.4. The Kier molecular flexibility index (Phi) is 7.58. The number of anilines is 1. The molecule has 0 bridgehead atoms. The lowest BCUT2D eigenvalue weighted by Crippen LogP contribution is -2.40. The number of benzene rings is 1. The quantitative estimate of drug-likeness (QED) is 0.340. The minimum Gasteiger partial charge on any atom is -0.355 e. The van der Waals surface area contributed by atoms with Crippen molar-refractivity contribution < 1.29 is 13.2 Å². The van der Waals surface area contributed by atoms with Gasteiger partial charge in [-0.25, -0.2) is 32.9 Å². The maximum Gasteiger partial charge on any atom is 0.327 e. The van der Waals surface area contributed by atoms with Gasteiger partial charge in [-0.3, -0.25) is 9.55 Å². The number of nitrogens with one attached hydrogen (secondary N) is 1. The van der Waals surface area contributed by atoms with Crippen molar-refractivity contribution in [1.29, 1.82) is 0 Å². The summed E-state index contributed by atoms with van der Waals surface area (Å²) in [4.78, 5) is 33.6. The molecule has 0 aliphatic carbocycles. The number of nitrogens with zero attached hydrogens (tertiary/aromatic N) is 7. The molecule has 0 radical (unpaired) electrons. The molecule has 0 spiro atoms. The number of hydrogen-bond acceptors (Lipinski definition) is 6. The van der Waals surface area contributed by atoms with Gasteiger partial charge in [-0.05, 0) is 64.4 Å². The highest BCUT2D eigenvalue weighted by atomic mass is 19.3. The Morgan fingerprint density at radius 3 is 2.63 bits per heavy atom. The molecule has 5 heterocycles. The Morgan fingerprint density at radius 2 is 1.90 bits per heavy atom. The van der Waals surface area contributed by atoms with Gasteiger partial charge in [0.1, 0.15) is 23.5 Å². The molecule has 3 aromatic heterocycles. The van der Waals surface area contributed by atoms with E-state index in [0.29, 0.717) is 35.0 Å².